The van der Waals surface area contributed by atoms with Gasteiger partial charge in [0.05, 0.1) is 13.2 Å². The molecular weight excluding hydrogens is 342 g/mol. The summed E-state index contributed by atoms with van der Waals surface area (Å²) in [7, 11) is 0. The van der Waals surface area contributed by atoms with Crippen LogP contribution in [0.4, 0.5) is 4.79 Å². The Morgan fingerprint density at radius 1 is 1.20 bits per heavy atom. The van der Waals surface area contributed by atoms with Crippen molar-refractivity contribution in [2.24, 2.45) is 0 Å². The lowest BCUT2D eigenvalue weighted by Crippen LogP contribution is -2.52. The summed E-state index contributed by atoms with van der Waals surface area (Å²) in [5, 5.41) is 12.5. The van der Waals surface area contributed by atoms with Gasteiger partial charge < -0.3 is 19.7 Å². The fourth-order valence-corrected chi connectivity index (χ4v) is 3.05. The minimum atomic E-state index is -0.0932. The second-order valence-electron chi connectivity index (χ2n) is 5.99. The van der Waals surface area contributed by atoms with E-state index in [0.29, 0.717) is 37.0 Å². The smallest absolute Gasteiger partial charge is 0.317 e. The van der Waals surface area contributed by atoms with Crippen molar-refractivity contribution < 1.29 is 14.3 Å². The number of furan rings is 1. The average molecular weight is 364 g/mol. The zero-order chi connectivity index (χ0) is 17.6. The van der Waals surface area contributed by atoms with E-state index in [4.69, 9.17) is 21.1 Å². The highest BCUT2D eigenvalue weighted by atomic mass is 35.5. The van der Waals surface area contributed by atoms with Crippen LogP contribution in [0.2, 0.25) is 5.02 Å². The molecule has 0 radical (unpaired) electrons. The molecule has 7 heteroatoms. The molecule has 0 aliphatic carbocycles. The zero-order valence-corrected chi connectivity index (χ0v) is 14.7. The first kappa shape index (κ1) is 17.8. The van der Waals surface area contributed by atoms with Gasteiger partial charge in [-0.1, -0.05) is 23.7 Å². The SMILES string of the molecule is O=C(NCc1ccc(-c2cccc(Cl)c2)o1)N1CCN(CCO)CC1. The molecule has 1 aliphatic rings. The van der Waals surface area contributed by atoms with E-state index < -0.39 is 0 Å². The maximum Gasteiger partial charge on any atom is 0.317 e. The summed E-state index contributed by atoms with van der Waals surface area (Å²) in [4.78, 5) is 16.2. The molecule has 1 aliphatic heterocycles. The Balaban J connectivity index is 1.50. The van der Waals surface area contributed by atoms with Crippen molar-refractivity contribution in [3.05, 3.63) is 47.2 Å². The number of benzene rings is 1. The lowest BCUT2D eigenvalue weighted by molar-refractivity contribution is 0.122. The monoisotopic (exact) mass is 363 g/mol. The number of carbonyl (C=O) groups excluding carboxylic acids is 1. The number of β-amino-alcohol motifs (C(OH)–C–C–N with tert-alkyl or cyclic N) is 1. The van der Waals surface area contributed by atoms with Crippen molar-refractivity contribution >= 4 is 17.6 Å². The van der Waals surface area contributed by atoms with Gasteiger partial charge in [-0.2, -0.15) is 0 Å². The highest BCUT2D eigenvalue weighted by Crippen LogP contribution is 2.24. The van der Waals surface area contributed by atoms with E-state index in [1.807, 2.05) is 36.4 Å². The van der Waals surface area contributed by atoms with Gasteiger partial charge in [0.15, 0.2) is 0 Å². The van der Waals surface area contributed by atoms with Crippen molar-refractivity contribution in [1.82, 2.24) is 15.1 Å². The Bertz CT molecular complexity index is 711. The van der Waals surface area contributed by atoms with Crippen LogP contribution in [-0.4, -0.2) is 60.3 Å². The molecule has 1 saturated heterocycles. The van der Waals surface area contributed by atoms with Gasteiger partial charge >= 0.3 is 6.03 Å². The molecule has 6 nitrogen and oxygen atoms in total. The Labute approximate surface area is 152 Å². The highest BCUT2D eigenvalue weighted by Gasteiger charge is 2.20. The van der Waals surface area contributed by atoms with Crippen LogP contribution in [0.1, 0.15) is 5.76 Å². The number of nitrogens with zero attached hydrogens (tertiary/aromatic N) is 2. The Kier molecular flexibility index (Phi) is 5.96. The molecule has 0 atom stereocenters. The molecule has 0 spiro atoms. The molecule has 2 N–H and O–H groups in total. The van der Waals surface area contributed by atoms with Crippen LogP contribution in [0.3, 0.4) is 0 Å². The summed E-state index contributed by atoms with van der Waals surface area (Å²) in [6.07, 6.45) is 0. The molecule has 1 aromatic heterocycles. The van der Waals surface area contributed by atoms with Crippen molar-refractivity contribution in [2.45, 2.75) is 6.54 Å². The van der Waals surface area contributed by atoms with Crippen molar-refractivity contribution in [3.8, 4) is 11.3 Å². The van der Waals surface area contributed by atoms with E-state index in [-0.39, 0.29) is 12.6 Å². The summed E-state index contributed by atoms with van der Waals surface area (Å²) in [6.45, 7) is 4.06. The lowest BCUT2D eigenvalue weighted by Gasteiger charge is -2.34. The number of hydrogen-bond acceptors (Lipinski definition) is 4. The number of amides is 2. The van der Waals surface area contributed by atoms with E-state index in [0.717, 1.165) is 24.4 Å². The Morgan fingerprint density at radius 2 is 2.00 bits per heavy atom. The second-order valence-corrected chi connectivity index (χ2v) is 6.42. The number of nitrogens with one attached hydrogen (secondary N) is 1. The molecule has 1 aromatic carbocycles. The minimum Gasteiger partial charge on any atom is -0.459 e. The predicted octanol–water partition coefficient (Wildman–Crippen LogP) is 2.42. The molecule has 3 rings (SSSR count). The first-order valence-electron chi connectivity index (χ1n) is 8.36. The summed E-state index contributed by atoms with van der Waals surface area (Å²) in [6, 6.07) is 11.1. The predicted molar refractivity (Wildman–Crippen MR) is 96.5 cm³/mol. The molecule has 134 valence electrons. The molecule has 2 heterocycles. The van der Waals surface area contributed by atoms with Crippen LogP contribution in [0.25, 0.3) is 11.3 Å². The van der Waals surface area contributed by atoms with Gasteiger partial charge in [0.1, 0.15) is 11.5 Å². The number of rotatable bonds is 5. The second kappa shape index (κ2) is 8.38. The first-order chi connectivity index (χ1) is 12.2. The number of carbonyl (C=O) groups is 1. The Hall–Kier alpha value is -2.02. The van der Waals surface area contributed by atoms with Gasteiger partial charge in [-0.25, -0.2) is 4.79 Å². The standard InChI is InChI=1S/C18H22ClN3O3/c19-15-3-1-2-14(12-15)17-5-4-16(25-17)13-20-18(24)22-8-6-21(7-9-22)10-11-23/h1-5,12,23H,6-11,13H2,(H,20,24). The fourth-order valence-electron chi connectivity index (χ4n) is 2.86. The van der Waals surface area contributed by atoms with Crippen LogP contribution in [0.5, 0.6) is 0 Å². The van der Waals surface area contributed by atoms with Crippen molar-refractivity contribution in [2.75, 3.05) is 39.3 Å². The zero-order valence-electron chi connectivity index (χ0n) is 13.9. The van der Waals surface area contributed by atoms with Gasteiger partial charge in [0, 0.05) is 43.3 Å². The van der Waals surface area contributed by atoms with E-state index >= 15 is 0 Å². The number of aliphatic hydroxyl groups excluding tert-OH is 1. The molecule has 1 fully saturated rings. The van der Waals surface area contributed by atoms with Gasteiger partial charge in [-0.3, -0.25) is 4.90 Å². The van der Waals surface area contributed by atoms with Gasteiger partial charge in [0.2, 0.25) is 0 Å². The maximum atomic E-state index is 12.2. The van der Waals surface area contributed by atoms with E-state index in [1.165, 1.54) is 0 Å². The molecule has 2 amide bonds. The summed E-state index contributed by atoms with van der Waals surface area (Å²) in [5.74, 6) is 1.42. The third kappa shape index (κ3) is 4.75. The van der Waals surface area contributed by atoms with Crippen LogP contribution < -0.4 is 5.32 Å². The third-order valence-corrected chi connectivity index (χ3v) is 4.50. The van der Waals surface area contributed by atoms with Gasteiger partial charge in [-0.05, 0) is 24.3 Å². The third-order valence-electron chi connectivity index (χ3n) is 4.26. The Morgan fingerprint density at radius 3 is 2.72 bits per heavy atom. The molecule has 2 aromatic rings. The van der Waals surface area contributed by atoms with Crippen molar-refractivity contribution in [3.63, 3.8) is 0 Å². The molecular formula is C18H22ClN3O3. The quantitative estimate of drug-likeness (QED) is 0.856. The van der Waals surface area contributed by atoms with E-state index in [9.17, 15) is 4.79 Å². The van der Waals surface area contributed by atoms with E-state index in [2.05, 4.69) is 10.2 Å². The van der Waals surface area contributed by atoms with Gasteiger partial charge in [-0.15, -0.1) is 0 Å². The van der Waals surface area contributed by atoms with Gasteiger partial charge in [0.25, 0.3) is 0 Å². The maximum absolute atomic E-state index is 12.2. The molecule has 0 bridgehead atoms. The average Bonchev–Trinajstić information content (AvgIpc) is 3.10. The van der Waals surface area contributed by atoms with Crippen LogP contribution >= 0.6 is 11.6 Å². The first-order valence-corrected chi connectivity index (χ1v) is 8.74. The van der Waals surface area contributed by atoms with Crippen LogP contribution in [-0.2, 0) is 6.54 Å². The summed E-state index contributed by atoms with van der Waals surface area (Å²) < 4.78 is 5.78. The number of aliphatic hydroxyl groups is 1. The fraction of sp³-hybridized carbons (Fsp3) is 0.389. The highest BCUT2D eigenvalue weighted by molar-refractivity contribution is 6.30. The van der Waals surface area contributed by atoms with E-state index in [1.54, 1.807) is 4.90 Å². The number of urea groups is 1. The van der Waals surface area contributed by atoms with Crippen LogP contribution in [0, 0.1) is 0 Å². The van der Waals surface area contributed by atoms with Crippen LogP contribution in [0.15, 0.2) is 40.8 Å². The summed E-state index contributed by atoms with van der Waals surface area (Å²) >= 11 is 6.00. The molecule has 25 heavy (non-hydrogen) atoms. The minimum absolute atomic E-state index is 0.0932. The summed E-state index contributed by atoms with van der Waals surface area (Å²) in [5.41, 5.74) is 0.907. The number of piperazine rings is 1. The number of halogens is 1. The topological polar surface area (TPSA) is 69.0 Å². The number of hydrogen-bond donors (Lipinski definition) is 2. The molecule has 0 saturated carbocycles. The normalized spacial score (nSPS) is 15.4. The lowest BCUT2D eigenvalue weighted by atomic mass is 10.2. The van der Waals surface area contributed by atoms with Crippen molar-refractivity contribution in [1.29, 1.82) is 0 Å². The largest absolute Gasteiger partial charge is 0.459 e. The molecule has 0 unspecified atom stereocenters.